The molecule has 1 aromatic heterocycles. The van der Waals surface area contributed by atoms with Gasteiger partial charge in [0.25, 0.3) is 0 Å². The molecule has 4 aromatic carbocycles. The zero-order valence-corrected chi connectivity index (χ0v) is 17.7. The fourth-order valence-electron chi connectivity index (χ4n) is 3.18. The molecule has 0 spiro atoms. The standard InChI is InChI=1S/C28H21NO4/c1-5-13-21(14-6-1)30-25-26(31-22-15-7-2-8-16-22)28(33-24-19-11-4-12-20-24)29-27(25)32-23-17-9-3-10-18-23/h1-20,29H. The summed E-state index contributed by atoms with van der Waals surface area (Å²) in [4.78, 5) is 3.19. The van der Waals surface area contributed by atoms with Gasteiger partial charge in [0.1, 0.15) is 23.0 Å². The number of aromatic amines is 1. The van der Waals surface area contributed by atoms with Crippen LogP contribution in [0.4, 0.5) is 0 Å². The van der Waals surface area contributed by atoms with E-state index in [0.29, 0.717) is 46.3 Å². The van der Waals surface area contributed by atoms with Crippen LogP contribution in [0.3, 0.4) is 0 Å². The molecule has 5 rings (SSSR count). The highest BCUT2D eigenvalue weighted by Crippen LogP contribution is 2.51. The average Bonchev–Trinajstić information content (AvgIpc) is 3.17. The highest BCUT2D eigenvalue weighted by molar-refractivity contribution is 5.60. The molecule has 0 saturated carbocycles. The Labute approximate surface area is 191 Å². The highest BCUT2D eigenvalue weighted by Gasteiger charge is 2.26. The van der Waals surface area contributed by atoms with Crippen LogP contribution in [-0.4, -0.2) is 4.98 Å². The third kappa shape index (κ3) is 4.99. The van der Waals surface area contributed by atoms with Crippen LogP contribution in [-0.2, 0) is 0 Å². The first-order chi connectivity index (χ1) is 16.3. The lowest BCUT2D eigenvalue weighted by atomic mass is 10.3. The molecule has 5 nitrogen and oxygen atoms in total. The minimum Gasteiger partial charge on any atom is -0.448 e. The van der Waals surface area contributed by atoms with Gasteiger partial charge in [0.2, 0.25) is 23.3 Å². The monoisotopic (exact) mass is 435 g/mol. The van der Waals surface area contributed by atoms with E-state index in [2.05, 4.69) is 4.98 Å². The van der Waals surface area contributed by atoms with Crippen molar-refractivity contribution in [2.24, 2.45) is 0 Å². The van der Waals surface area contributed by atoms with E-state index in [4.69, 9.17) is 18.9 Å². The molecule has 1 heterocycles. The van der Waals surface area contributed by atoms with Crippen molar-refractivity contribution < 1.29 is 18.9 Å². The van der Waals surface area contributed by atoms with E-state index in [0.717, 1.165) is 0 Å². The number of benzene rings is 4. The van der Waals surface area contributed by atoms with Crippen molar-refractivity contribution >= 4 is 0 Å². The van der Waals surface area contributed by atoms with E-state index in [1.165, 1.54) is 0 Å². The molecule has 162 valence electrons. The zero-order chi connectivity index (χ0) is 22.3. The summed E-state index contributed by atoms with van der Waals surface area (Å²) in [6, 6.07) is 37.8. The Balaban J connectivity index is 1.60. The maximum absolute atomic E-state index is 6.24. The summed E-state index contributed by atoms with van der Waals surface area (Å²) in [6.45, 7) is 0. The lowest BCUT2D eigenvalue weighted by Gasteiger charge is -2.11. The second kappa shape index (κ2) is 9.66. The van der Waals surface area contributed by atoms with Gasteiger partial charge in [-0.1, -0.05) is 72.8 Å². The van der Waals surface area contributed by atoms with Crippen LogP contribution in [0.2, 0.25) is 0 Å². The van der Waals surface area contributed by atoms with Crippen molar-refractivity contribution in [3.8, 4) is 46.3 Å². The van der Waals surface area contributed by atoms with Crippen LogP contribution in [0.5, 0.6) is 46.3 Å². The summed E-state index contributed by atoms with van der Waals surface area (Å²) >= 11 is 0. The number of H-pyrrole nitrogens is 1. The van der Waals surface area contributed by atoms with Crippen LogP contribution in [0.15, 0.2) is 121 Å². The molecule has 0 aliphatic heterocycles. The highest BCUT2D eigenvalue weighted by atomic mass is 16.6. The van der Waals surface area contributed by atoms with Crippen LogP contribution < -0.4 is 18.9 Å². The number of rotatable bonds is 8. The number of aromatic nitrogens is 1. The minimum absolute atomic E-state index is 0.363. The van der Waals surface area contributed by atoms with Gasteiger partial charge < -0.3 is 18.9 Å². The van der Waals surface area contributed by atoms with Crippen LogP contribution in [0.25, 0.3) is 0 Å². The Kier molecular flexibility index (Phi) is 5.94. The lowest BCUT2D eigenvalue weighted by molar-refractivity contribution is 0.382. The molecule has 0 atom stereocenters. The van der Waals surface area contributed by atoms with Crippen molar-refractivity contribution in [3.63, 3.8) is 0 Å². The summed E-state index contributed by atoms with van der Waals surface area (Å²) < 4.78 is 24.8. The molecule has 0 aliphatic carbocycles. The van der Waals surface area contributed by atoms with Gasteiger partial charge >= 0.3 is 0 Å². The van der Waals surface area contributed by atoms with Gasteiger partial charge in [-0.25, -0.2) is 0 Å². The first kappa shape index (κ1) is 20.3. The third-order valence-electron chi connectivity index (χ3n) is 4.70. The fourth-order valence-corrected chi connectivity index (χ4v) is 3.18. The molecule has 0 bridgehead atoms. The predicted octanol–water partition coefficient (Wildman–Crippen LogP) is 8.18. The summed E-state index contributed by atoms with van der Waals surface area (Å²) in [5, 5.41) is 0. The topological polar surface area (TPSA) is 52.7 Å². The smallest absolute Gasteiger partial charge is 0.247 e. The Bertz CT molecular complexity index is 1190. The summed E-state index contributed by atoms with van der Waals surface area (Å²) in [7, 11) is 0. The summed E-state index contributed by atoms with van der Waals surface area (Å²) in [5.74, 6) is 4.05. The Morgan fingerprint density at radius 2 is 0.606 bits per heavy atom. The molecule has 0 saturated heterocycles. The molecule has 1 N–H and O–H groups in total. The van der Waals surface area contributed by atoms with Gasteiger partial charge in [0.15, 0.2) is 0 Å². The Morgan fingerprint density at radius 3 is 0.909 bits per heavy atom. The van der Waals surface area contributed by atoms with Crippen molar-refractivity contribution in [2.75, 3.05) is 0 Å². The summed E-state index contributed by atoms with van der Waals surface area (Å²) in [6.07, 6.45) is 0. The third-order valence-corrected chi connectivity index (χ3v) is 4.70. The van der Waals surface area contributed by atoms with Gasteiger partial charge in [-0.2, -0.15) is 0 Å². The molecular formula is C28H21NO4. The quantitative estimate of drug-likeness (QED) is 0.267. The molecule has 0 aliphatic rings. The number of para-hydroxylation sites is 4. The van der Waals surface area contributed by atoms with Crippen LogP contribution in [0.1, 0.15) is 0 Å². The molecular weight excluding hydrogens is 414 g/mol. The largest absolute Gasteiger partial charge is 0.448 e. The van der Waals surface area contributed by atoms with E-state index >= 15 is 0 Å². The molecule has 33 heavy (non-hydrogen) atoms. The fraction of sp³-hybridized carbons (Fsp3) is 0. The average molecular weight is 435 g/mol. The van der Waals surface area contributed by atoms with Gasteiger partial charge in [-0.05, 0) is 48.5 Å². The SMILES string of the molecule is c1ccc(Oc2[nH]c(Oc3ccccc3)c(Oc3ccccc3)c2Oc2ccccc2)cc1. The second-order valence-electron chi connectivity index (χ2n) is 7.10. The van der Waals surface area contributed by atoms with E-state index in [-0.39, 0.29) is 0 Å². The first-order valence-electron chi connectivity index (χ1n) is 10.5. The zero-order valence-electron chi connectivity index (χ0n) is 17.7. The Morgan fingerprint density at radius 1 is 0.333 bits per heavy atom. The van der Waals surface area contributed by atoms with Crippen LogP contribution in [0, 0.1) is 0 Å². The van der Waals surface area contributed by atoms with Gasteiger partial charge in [0.05, 0.1) is 0 Å². The lowest BCUT2D eigenvalue weighted by Crippen LogP contribution is -1.91. The molecule has 0 unspecified atom stereocenters. The molecule has 0 amide bonds. The molecule has 0 fully saturated rings. The second-order valence-corrected chi connectivity index (χ2v) is 7.10. The predicted molar refractivity (Wildman–Crippen MR) is 127 cm³/mol. The normalized spacial score (nSPS) is 10.4. The molecule has 5 heteroatoms. The van der Waals surface area contributed by atoms with Crippen LogP contribution >= 0.6 is 0 Å². The van der Waals surface area contributed by atoms with E-state index in [1.54, 1.807) is 0 Å². The van der Waals surface area contributed by atoms with Crippen molar-refractivity contribution in [3.05, 3.63) is 121 Å². The van der Waals surface area contributed by atoms with Gasteiger partial charge in [0, 0.05) is 0 Å². The van der Waals surface area contributed by atoms with E-state index < -0.39 is 0 Å². The summed E-state index contributed by atoms with van der Waals surface area (Å²) in [5.41, 5.74) is 0. The number of hydrogen-bond donors (Lipinski definition) is 1. The van der Waals surface area contributed by atoms with Crippen molar-refractivity contribution in [2.45, 2.75) is 0 Å². The van der Waals surface area contributed by atoms with E-state index in [1.807, 2.05) is 121 Å². The number of nitrogens with one attached hydrogen (secondary N) is 1. The number of ether oxygens (including phenoxy) is 4. The van der Waals surface area contributed by atoms with E-state index in [9.17, 15) is 0 Å². The van der Waals surface area contributed by atoms with Crippen molar-refractivity contribution in [1.29, 1.82) is 0 Å². The maximum Gasteiger partial charge on any atom is 0.247 e. The van der Waals surface area contributed by atoms with Gasteiger partial charge in [-0.15, -0.1) is 0 Å². The molecule has 5 aromatic rings. The maximum atomic E-state index is 6.24. The molecule has 0 radical (unpaired) electrons. The van der Waals surface area contributed by atoms with Gasteiger partial charge in [-0.3, -0.25) is 4.98 Å². The number of hydrogen-bond acceptors (Lipinski definition) is 4. The minimum atomic E-state index is 0.363. The first-order valence-corrected chi connectivity index (χ1v) is 10.5. The Hall–Kier alpha value is -4.64. The van der Waals surface area contributed by atoms with Crippen molar-refractivity contribution in [1.82, 2.24) is 4.98 Å².